The standard InChI is InChI=1S/C20H33O4P/c1-2-3-4-5-6-7-8-9-10-11-15-18-23-25(22)24-20(21)19-16-13-12-14-17-19/h12-14,16-17,22H,2-11,15,18H2,1H3. The number of rotatable bonds is 15. The zero-order valence-corrected chi connectivity index (χ0v) is 16.4. The van der Waals surface area contributed by atoms with Gasteiger partial charge in [0.15, 0.2) is 0 Å². The van der Waals surface area contributed by atoms with Crippen LogP contribution in [0.25, 0.3) is 0 Å². The molecule has 0 saturated carbocycles. The molecule has 0 amide bonds. The Kier molecular flexibility index (Phi) is 13.5. The molecule has 142 valence electrons. The minimum absolute atomic E-state index is 0.419. The van der Waals surface area contributed by atoms with Gasteiger partial charge in [-0.3, -0.25) is 0 Å². The summed E-state index contributed by atoms with van der Waals surface area (Å²) in [4.78, 5) is 21.4. The molecule has 1 atom stereocenters. The van der Waals surface area contributed by atoms with Crippen LogP contribution in [0.1, 0.15) is 87.9 Å². The Morgan fingerprint density at radius 1 is 0.880 bits per heavy atom. The van der Waals surface area contributed by atoms with Gasteiger partial charge in [0, 0.05) is 0 Å². The van der Waals surface area contributed by atoms with Crippen LogP contribution in [0.2, 0.25) is 0 Å². The molecule has 0 radical (unpaired) electrons. The van der Waals surface area contributed by atoms with Crippen LogP contribution in [0.5, 0.6) is 0 Å². The molecule has 0 aromatic heterocycles. The SMILES string of the molecule is CCCCCCCCCCCCCOP(O)OC(=O)c1ccccc1. The zero-order chi connectivity index (χ0) is 18.2. The van der Waals surface area contributed by atoms with Gasteiger partial charge in [0.25, 0.3) is 0 Å². The molecule has 0 fully saturated rings. The molecule has 0 aliphatic rings. The van der Waals surface area contributed by atoms with Gasteiger partial charge in [0.1, 0.15) is 0 Å². The van der Waals surface area contributed by atoms with Gasteiger partial charge < -0.3 is 13.9 Å². The highest BCUT2D eigenvalue weighted by Gasteiger charge is 2.15. The van der Waals surface area contributed by atoms with Gasteiger partial charge in [-0.15, -0.1) is 0 Å². The second-order valence-corrected chi connectivity index (χ2v) is 7.27. The van der Waals surface area contributed by atoms with Crippen LogP contribution in [0, 0.1) is 0 Å². The fourth-order valence-electron chi connectivity index (χ4n) is 2.63. The highest BCUT2D eigenvalue weighted by Crippen LogP contribution is 2.34. The molecule has 0 heterocycles. The number of carbonyl (C=O) groups is 1. The van der Waals surface area contributed by atoms with Crippen molar-refractivity contribution < 1.29 is 18.7 Å². The molecule has 4 nitrogen and oxygen atoms in total. The summed E-state index contributed by atoms with van der Waals surface area (Å²) in [5, 5.41) is 0. The maximum Gasteiger partial charge on any atom is 0.396 e. The average Bonchev–Trinajstić information content (AvgIpc) is 2.63. The Bertz CT molecular complexity index is 439. The van der Waals surface area contributed by atoms with Gasteiger partial charge in [-0.05, 0) is 18.6 Å². The number of hydrogen-bond acceptors (Lipinski definition) is 4. The van der Waals surface area contributed by atoms with Crippen molar-refractivity contribution in [1.29, 1.82) is 0 Å². The normalized spacial score (nSPS) is 12.1. The summed E-state index contributed by atoms with van der Waals surface area (Å²) >= 11 is 0. The van der Waals surface area contributed by atoms with E-state index in [4.69, 9.17) is 9.05 Å². The molecule has 1 rings (SSSR count). The summed E-state index contributed by atoms with van der Waals surface area (Å²) in [5.41, 5.74) is 0.419. The minimum atomic E-state index is -2.13. The van der Waals surface area contributed by atoms with E-state index in [-0.39, 0.29) is 0 Å². The van der Waals surface area contributed by atoms with Gasteiger partial charge >= 0.3 is 14.6 Å². The topological polar surface area (TPSA) is 55.8 Å². The van der Waals surface area contributed by atoms with E-state index in [9.17, 15) is 9.69 Å². The lowest BCUT2D eigenvalue weighted by Crippen LogP contribution is -2.03. The first-order valence-electron chi connectivity index (χ1n) is 9.63. The van der Waals surface area contributed by atoms with Gasteiger partial charge in [-0.2, -0.15) is 0 Å². The third-order valence-electron chi connectivity index (χ3n) is 4.12. The van der Waals surface area contributed by atoms with E-state index < -0.39 is 14.6 Å². The van der Waals surface area contributed by atoms with E-state index in [0.29, 0.717) is 12.2 Å². The summed E-state index contributed by atoms with van der Waals surface area (Å²) in [5.74, 6) is -0.548. The summed E-state index contributed by atoms with van der Waals surface area (Å²) in [6.45, 7) is 2.68. The lowest BCUT2D eigenvalue weighted by atomic mass is 10.1. The molecule has 1 aromatic rings. The number of carbonyl (C=O) groups excluding carboxylic acids is 1. The van der Waals surface area contributed by atoms with E-state index >= 15 is 0 Å². The van der Waals surface area contributed by atoms with Gasteiger partial charge in [0.2, 0.25) is 0 Å². The number of hydrogen-bond donors (Lipinski definition) is 1. The quantitative estimate of drug-likeness (QED) is 0.288. The van der Waals surface area contributed by atoms with Crippen molar-refractivity contribution in [2.45, 2.75) is 77.6 Å². The van der Waals surface area contributed by atoms with Crippen molar-refractivity contribution in [3.63, 3.8) is 0 Å². The van der Waals surface area contributed by atoms with E-state index in [1.807, 2.05) is 6.07 Å². The van der Waals surface area contributed by atoms with E-state index in [2.05, 4.69) is 6.92 Å². The van der Waals surface area contributed by atoms with E-state index in [1.165, 1.54) is 57.8 Å². The van der Waals surface area contributed by atoms with Crippen molar-refractivity contribution in [3.05, 3.63) is 35.9 Å². The number of unbranched alkanes of at least 4 members (excludes halogenated alkanes) is 10. The first-order chi connectivity index (χ1) is 12.2. The number of benzene rings is 1. The zero-order valence-electron chi connectivity index (χ0n) is 15.5. The Hall–Kier alpha value is -0.960. The maximum atomic E-state index is 11.7. The van der Waals surface area contributed by atoms with Crippen LogP contribution in [0.4, 0.5) is 0 Å². The van der Waals surface area contributed by atoms with E-state index in [1.54, 1.807) is 24.3 Å². The third kappa shape index (κ3) is 12.1. The molecule has 25 heavy (non-hydrogen) atoms. The highest BCUT2D eigenvalue weighted by atomic mass is 31.2. The van der Waals surface area contributed by atoms with Crippen LogP contribution >= 0.6 is 8.60 Å². The molecule has 1 N–H and O–H groups in total. The smallest absolute Gasteiger partial charge is 0.391 e. The molecule has 5 heteroatoms. The van der Waals surface area contributed by atoms with Crippen molar-refractivity contribution in [1.82, 2.24) is 0 Å². The van der Waals surface area contributed by atoms with Crippen LogP contribution in [-0.2, 0) is 9.05 Å². The molecule has 0 aliphatic heterocycles. The fourth-order valence-corrected chi connectivity index (χ4v) is 3.22. The van der Waals surface area contributed by atoms with Crippen molar-refractivity contribution in [2.24, 2.45) is 0 Å². The Balaban J connectivity index is 1.90. The van der Waals surface area contributed by atoms with E-state index in [0.717, 1.165) is 12.8 Å². The van der Waals surface area contributed by atoms with Gasteiger partial charge in [-0.25, -0.2) is 4.79 Å². The van der Waals surface area contributed by atoms with Crippen LogP contribution < -0.4 is 0 Å². The van der Waals surface area contributed by atoms with Crippen molar-refractivity contribution in [3.8, 4) is 0 Å². The van der Waals surface area contributed by atoms with Crippen molar-refractivity contribution >= 4 is 14.6 Å². The second kappa shape index (κ2) is 15.3. The molecule has 1 unspecified atom stereocenters. The molecule has 0 saturated heterocycles. The van der Waals surface area contributed by atoms with Gasteiger partial charge in [-0.1, -0.05) is 89.3 Å². The third-order valence-corrected chi connectivity index (χ3v) is 4.85. The summed E-state index contributed by atoms with van der Waals surface area (Å²) in [6, 6.07) is 8.62. The molecule has 0 bridgehead atoms. The summed E-state index contributed by atoms with van der Waals surface area (Å²) in [6.07, 6.45) is 13.9. The highest BCUT2D eigenvalue weighted by molar-refractivity contribution is 7.41. The first kappa shape index (κ1) is 22.1. The van der Waals surface area contributed by atoms with Crippen LogP contribution in [0.15, 0.2) is 30.3 Å². The first-order valence-corrected chi connectivity index (χ1v) is 10.8. The van der Waals surface area contributed by atoms with Crippen LogP contribution in [-0.4, -0.2) is 17.5 Å². The largest absolute Gasteiger partial charge is 0.396 e. The van der Waals surface area contributed by atoms with Crippen LogP contribution in [0.3, 0.4) is 0 Å². The summed E-state index contributed by atoms with van der Waals surface area (Å²) in [7, 11) is -2.13. The minimum Gasteiger partial charge on any atom is -0.391 e. The molecule has 0 spiro atoms. The predicted octanol–water partition coefficient (Wildman–Crippen LogP) is 6.39. The molecule has 1 aromatic carbocycles. The second-order valence-electron chi connectivity index (χ2n) is 6.35. The van der Waals surface area contributed by atoms with Gasteiger partial charge in [0.05, 0.1) is 12.2 Å². The molecular weight excluding hydrogens is 335 g/mol. The summed E-state index contributed by atoms with van der Waals surface area (Å²) < 4.78 is 10.1. The maximum absolute atomic E-state index is 11.7. The fraction of sp³-hybridized carbons (Fsp3) is 0.650. The molecular formula is C20H33O4P. The Labute approximate surface area is 153 Å². The van der Waals surface area contributed by atoms with Crippen molar-refractivity contribution in [2.75, 3.05) is 6.61 Å². The Morgan fingerprint density at radius 3 is 1.96 bits per heavy atom. The lowest BCUT2D eigenvalue weighted by molar-refractivity contribution is 0.0694. The Morgan fingerprint density at radius 2 is 1.40 bits per heavy atom. The monoisotopic (exact) mass is 368 g/mol. The molecule has 0 aliphatic carbocycles. The lowest BCUT2D eigenvalue weighted by Gasteiger charge is -2.10. The average molecular weight is 368 g/mol. The predicted molar refractivity (Wildman–Crippen MR) is 103 cm³/mol.